The molecular weight excluding hydrogens is 230 g/mol. The summed E-state index contributed by atoms with van der Waals surface area (Å²) in [6.07, 6.45) is -0.917. The zero-order valence-electron chi connectivity index (χ0n) is 11.2. The number of nitrogens with two attached hydrogens (primary N) is 1. The molecule has 4 heteroatoms. The number of carbonyl (C=O) groups is 2. The molecule has 0 radical (unpaired) electrons. The maximum atomic E-state index is 11.7. The SMILES string of the molecule is C[C@H](OC(=O)c1ccc(C(C)(C)C)cc1)C(N)=O. The Morgan fingerprint density at radius 1 is 1.17 bits per heavy atom. The molecule has 0 unspecified atom stereocenters. The Morgan fingerprint density at radius 2 is 1.67 bits per heavy atom. The first-order chi connectivity index (χ1) is 8.21. The molecule has 18 heavy (non-hydrogen) atoms. The molecule has 0 saturated carbocycles. The van der Waals surface area contributed by atoms with Gasteiger partial charge in [0.05, 0.1) is 5.56 Å². The molecule has 0 fully saturated rings. The van der Waals surface area contributed by atoms with Crippen LogP contribution in [-0.2, 0) is 14.9 Å². The van der Waals surface area contributed by atoms with Crippen LogP contribution in [0.1, 0.15) is 43.6 Å². The highest BCUT2D eigenvalue weighted by atomic mass is 16.5. The summed E-state index contributed by atoms with van der Waals surface area (Å²) in [6, 6.07) is 7.14. The average molecular weight is 249 g/mol. The van der Waals surface area contributed by atoms with Crippen molar-refractivity contribution < 1.29 is 14.3 Å². The van der Waals surface area contributed by atoms with Gasteiger partial charge in [-0.15, -0.1) is 0 Å². The highest BCUT2D eigenvalue weighted by molar-refractivity contribution is 5.91. The fourth-order valence-corrected chi connectivity index (χ4v) is 1.39. The van der Waals surface area contributed by atoms with Crippen LogP contribution in [0.15, 0.2) is 24.3 Å². The van der Waals surface area contributed by atoms with Crippen LogP contribution in [0.4, 0.5) is 0 Å². The summed E-state index contributed by atoms with van der Waals surface area (Å²) >= 11 is 0. The van der Waals surface area contributed by atoms with Crippen LogP contribution in [0, 0.1) is 0 Å². The van der Waals surface area contributed by atoms with Gasteiger partial charge in [0.25, 0.3) is 5.91 Å². The van der Waals surface area contributed by atoms with E-state index >= 15 is 0 Å². The van der Waals surface area contributed by atoms with E-state index in [-0.39, 0.29) is 5.41 Å². The summed E-state index contributed by atoms with van der Waals surface area (Å²) < 4.78 is 4.91. The molecule has 0 aromatic heterocycles. The molecule has 1 atom stereocenters. The third kappa shape index (κ3) is 3.58. The number of ether oxygens (including phenoxy) is 1. The van der Waals surface area contributed by atoms with Crippen molar-refractivity contribution in [2.45, 2.75) is 39.2 Å². The third-order valence-electron chi connectivity index (χ3n) is 2.67. The van der Waals surface area contributed by atoms with Crippen molar-refractivity contribution in [2.75, 3.05) is 0 Å². The molecule has 4 nitrogen and oxygen atoms in total. The van der Waals surface area contributed by atoms with E-state index in [9.17, 15) is 9.59 Å². The number of primary amides is 1. The Labute approximate surface area is 107 Å². The monoisotopic (exact) mass is 249 g/mol. The molecule has 2 N–H and O–H groups in total. The van der Waals surface area contributed by atoms with Gasteiger partial charge >= 0.3 is 5.97 Å². The van der Waals surface area contributed by atoms with E-state index < -0.39 is 18.0 Å². The summed E-state index contributed by atoms with van der Waals surface area (Å²) in [6.45, 7) is 7.73. The van der Waals surface area contributed by atoms with Gasteiger partial charge in [-0.25, -0.2) is 4.79 Å². The lowest BCUT2D eigenvalue weighted by Crippen LogP contribution is -2.30. The zero-order chi connectivity index (χ0) is 13.9. The minimum atomic E-state index is -0.917. The second-order valence-electron chi connectivity index (χ2n) is 5.28. The maximum Gasteiger partial charge on any atom is 0.338 e. The number of hydrogen-bond acceptors (Lipinski definition) is 3. The molecular formula is C14H19NO3. The van der Waals surface area contributed by atoms with Crippen molar-refractivity contribution in [1.82, 2.24) is 0 Å². The summed E-state index contributed by atoms with van der Waals surface area (Å²) in [4.78, 5) is 22.5. The van der Waals surface area contributed by atoms with Gasteiger partial charge in [-0.05, 0) is 30.0 Å². The van der Waals surface area contributed by atoms with Gasteiger partial charge < -0.3 is 10.5 Å². The maximum absolute atomic E-state index is 11.7. The molecule has 1 aromatic rings. The van der Waals surface area contributed by atoms with Crippen LogP contribution in [0.2, 0.25) is 0 Å². The number of rotatable bonds is 3. The number of carbonyl (C=O) groups excluding carboxylic acids is 2. The van der Waals surface area contributed by atoms with Crippen molar-refractivity contribution >= 4 is 11.9 Å². The first-order valence-corrected chi connectivity index (χ1v) is 5.82. The lowest BCUT2D eigenvalue weighted by Gasteiger charge is -2.19. The predicted octanol–water partition coefficient (Wildman–Crippen LogP) is 2.01. The van der Waals surface area contributed by atoms with E-state index in [4.69, 9.17) is 10.5 Å². The standard InChI is InChI=1S/C14H19NO3/c1-9(12(15)16)18-13(17)10-5-7-11(8-6-10)14(2,3)4/h5-9H,1-4H3,(H2,15,16)/t9-/m0/s1. The van der Waals surface area contributed by atoms with Gasteiger partial charge in [-0.3, -0.25) is 4.79 Å². The van der Waals surface area contributed by atoms with Crippen LogP contribution in [0.25, 0.3) is 0 Å². The predicted molar refractivity (Wildman–Crippen MR) is 69.2 cm³/mol. The van der Waals surface area contributed by atoms with Gasteiger partial charge in [0.2, 0.25) is 0 Å². The van der Waals surface area contributed by atoms with Crippen LogP contribution in [-0.4, -0.2) is 18.0 Å². The molecule has 0 heterocycles. The van der Waals surface area contributed by atoms with Crippen molar-refractivity contribution in [3.8, 4) is 0 Å². The Hall–Kier alpha value is -1.84. The van der Waals surface area contributed by atoms with Crippen molar-refractivity contribution in [2.24, 2.45) is 5.73 Å². The minimum Gasteiger partial charge on any atom is -0.449 e. The van der Waals surface area contributed by atoms with E-state index in [1.54, 1.807) is 12.1 Å². The lowest BCUT2D eigenvalue weighted by molar-refractivity contribution is -0.125. The molecule has 0 aliphatic heterocycles. The van der Waals surface area contributed by atoms with Crippen molar-refractivity contribution in [3.63, 3.8) is 0 Å². The number of hydrogen-bond donors (Lipinski definition) is 1. The molecule has 0 aliphatic rings. The molecule has 1 rings (SSSR count). The van der Waals surface area contributed by atoms with Gasteiger partial charge in [-0.2, -0.15) is 0 Å². The quantitative estimate of drug-likeness (QED) is 0.833. The number of esters is 1. The Balaban J connectivity index is 2.80. The van der Waals surface area contributed by atoms with Gasteiger partial charge in [0, 0.05) is 0 Å². The molecule has 0 aliphatic carbocycles. The molecule has 1 amide bonds. The second kappa shape index (κ2) is 5.21. The van der Waals surface area contributed by atoms with Crippen LogP contribution in [0.5, 0.6) is 0 Å². The molecule has 0 bridgehead atoms. The summed E-state index contributed by atoms with van der Waals surface area (Å²) in [5, 5.41) is 0. The lowest BCUT2D eigenvalue weighted by atomic mass is 9.87. The fourth-order valence-electron chi connectivity index (χ4n) is 1.39. The second-order valence-corrected chi connectivity index (χ2v) is 5.28. The molecule has 98 valence electrons. The highest BCUT2D eigenvalue weighted by Gasteiger charge is 2.17. The number of benzene rings is 1. The number of amides is 1. The first kappa shape index (κ1) is 14.2. The van der Waals surface area contributed by atoms with E-state index in [0.717, 1.165) is 5.56 Å². The molecule has 1 aromatic carbocycles. The van der Waals surface area contributed by atoms with E-state index in [2.05, 4.69) is 20.8 Å². The Bertz CT molecular complexity index is 443. The van der Waals surface area contributed by atoms with E-state index in [0.29, 0.717) is 5.56 Å². The van der Waals surface area contributed by atoms with Crippen molar-refractivity contribution in [1.29, 1.82) is 0 Å². The van der Waals surface area contributed by atoms with Gasteiger partial charge in [0.1, 0.15) is 0 Å². The molecule has 0 spiro atoms. The summed E-state index contributed by atoms with van der Waals surface area (Å²) in [5.74, 6) is -1.20. The zero-order valence-corrected chi connectivity index (χ0v) is 11.2. The third-order valence-corrected chi connectivity index (χ3v) is 2.67. The van der Waals surface area contributed by atoms with Gasteiger partial charge in [0.15, 0.2) is 6.10 Å². The summed E-state index contributed by atoms with van der Waals surface area (Å²) in [5.41, 5.74) is 6.60. The van der Waals surface area contributed by atoms with E-state index in [1.165, 1.54) is 6.92 Å². The largest absolute Gasteiger partial charge is 0.449 e. The first-order valence-electron chi connectivity index (χ1n) is 5.82. The van der Waals surface area contributed by atoms with Crippen LogP contribution >= 0.6 is 0 Å². The minimum absolute atomic E-state index is 0.0307. The van der Waals surface area contributed by atoms with Crippen LogP contribution in [0.3, 0.4) is 0 Å². The average Bonchev–Trinajstić information content (AvgIpc) is 2.27. The Morgan fingerprint density at radius 3 is 2.06 bits per heavy atom. The summed E-state index contributed by atoms with van der Waals surface area (Å²) in [7, 11) is 0. The van der Waals surface area contributed by atoms with Crippen LogP contribution < -0.4 is 5.73 Å². The van der Waals surface area contributed by atoms with Crippen molar-refractivity contribution in [3.05, 3.63) is 35.4 Å². The highest BCUT2D eigenvalue weighted by Crippen LogP contribution is 2.22. The smallest absolute Gasteiger partial charge is 0.338 e. The topological polar surface area (TPSA) is 69.4 Å². The van der Waals surface area contributed by atoms with Gasteiger partial charge in [-0.1, -0.05) is 32.9 Å². The molecule has 0 saturated heterocycles. The Kier molecular flexibility index (Phi) is 4.11. The van der Waals surface area contributed by atoms with E-state index in [1.807, 2.05) is 12.1 Å². The normalized spacial score (nSPS) is 12.9. The fraction of sp³-hybridized carbons (Fsp3) is 0.429.